The Labute approximate surface area is 305 Å². The summed E-state index contributed by atoms with van der Waals surface area (Å²) < 4.78 is 6.03. The highest BCUT2D eigenvalue weighted by Crippen LogP contribution is 2.48. The lowest BCUT2D eigenvalue weighted by molar-refractivity contribution is 0.0736. The summed E-state index contributed by atoms with van der Waals surface area (Å²) in [4.78, 5) is 6.90. The zero-order valence-electron chi connectivity index (χ0n) is 32.1. The third kappa shape index (κ3) is 13.4. The quantitative estimate of drug-likeness (QED) is 0.0833. The summed E-state index contributed by atoms with van der Waals surface area (Å²) in [5, 5.41) is 13.6. The summed E-state index contributed by atoms with van der Waals surface area (Å²) in [7, 11) is 0. The minimum Gasteiger partial charge on any atom is -0.383 e. The van der Waals surface area contributed by atoms with Gasteiger partial charge in [0.15, 0.2) is 0 Å². The fourth-order valence-electron chi connectivity index (χ4n) is 7.72. The molecule has 6 heteroatoms. The molecule has 0 amide bonds. The maximum Gasteiger partial charge on any atom is 0.132 e. The number of piperidine rings is 1. The van der Waals surface area contributed by atoms with Crippen LogP contribution in [0.25, 0.3) is 5.57 Å². The van der Waals surface area contributed by atoms with Crippen molar-refractivity contribution in [2.45, 2.75) is 118 Å². The van der Waals surface area contributed by atoms with E-state index in [0.717, 1.165) is 119 Å². The largest absolute Gasteiger partial charge is 0.383 e. The number of rotatable bonds is 15. The molecule has 2 aliphatic carbocycles. The minimum atomic E-state index is -0.159. The number of nitrogens with one attached hydrogen (secondary N) is 1. The van der Waals surface area contributed by atoms with Crippen LogP contribution in [0.15, 0.2) is 83.8 Å². The van der Waals surface area contributed by atoms with E-state index in [4.69, 9.17) is 10.5 Å². The summed E-state index contributed by atoms with van der Waals surface area (Å²) in [6.07, 6.45) is 23.7. The van der Waals surface area contributed by atoms with Gasteiger partial charge in [0.05, 0.1) is 18.1 Å². The fourth-order valence-corrected chi connectivity index (χ4v) is 7.72. The number of hydrogen-bond acceptors (Lipinski definition) is 6. The van der Waals surface area contributed by atoms with Crippen molar-refractivity contribution in [3.63, 3.8) is 0 Å². The zero-order chi connectivity index (χ0) is 36.4. The van der Waals surface area contributed by atoms with E-state index < -0.39 is 0 Å². The number of aliphatic imine (C=N–C) groups is 1. The molecule has 274 valence electrons. The lowest BCUT2D eigenvalue weighted by atomic mass is 9.62. The van der Waals surface area contributed by atoms with Crippen LogP contribution in [-0.4, -0.2) is 50.0 Å². The number of nitriles is 1. The van der Waals surface area contributed by atoms with Crippen molar-refractivity contribution in [2.75, 3.05) is 32.8 Å². The van der Waals surface area contributed by atoms with Crippen molar-refractivity contribution in [1.82, 2.24) is 10.2 Å². The summed E-state index contributed by atoms with van der Waals surface area (Å²) >= 11 is 0. The maximum absolute atomic E-state index is 9.92. The normalized spacial score (nSPS) is 22.9. The van der Waals surface area contributed by atoms with Crippen molar-refractivity contribution in [3.8, 4) is 6.07 Å². The van der Waals surface area contributed by atoms with Crippen LogP contribution in [0.4, 0.5) is 0 Å². The molecular weight excluding hydrogens is 615 g/mol. The molecular formula is C44H67N5O. The Kier molecular flexibility index (Phi) is 17.3. The summed E-state index contributed by atoms with van der Waals surface area (Å²) in [6, 6.07) is 11.7. The van der Waals surface area contributed by atoms with Gasteiger partial charge in [-0.1, -0.05) is 102 Å². The molecule has 6 nitrogen and oxygen atoms in total. The molecule has 50 heavy (non-hydrogen) atoms. The first-order chi connectivity index (χ1) is 24.0. The van der Waals surface area contributed by atoms with E-state index in [-0.39, 0.29) is 10.8 Å². The molecule has 0 spiro atoms. The Morgan fingerprint density at radius 3 is 2.48 bits per heavy atom. The lowest BCUT2D eigenvalue weighted by Gasteiger charge is -2.40. The number of likely N-dealkylation sites (tertiary alicyclic amines) is 1. The van der Waals surface area contributed by atoms with Gasteiger partial charge in [0.25, 0.3) is 0 Å². The summed E-state index contributed by atoms with van der Waals surface area (Å²) in [6.45, 7) is 24.0. The van der Waals surface area contributed by atoms with Gasteiger partial charge >= 0.3 is 0 Å². The van der Waals surface area contributed by atoms with Crippen LogP contribution in [0.5, 0.6) is 0 Å². The molecule has 1 aromatic rings. The third-order valence-electron chi connectivity index (χ3n) is 10.2. The van der Waals surface area contributed by atoms with Gasteiger partial charge in [0.2, 0.25) is 0 Å². The van der Waals surface area contributed by atoms with E-state index in [1.165, 1.54) is 18.4 Å². The predicted octanol–water partition coefficient (Wildman–Crippen LogP) is 9.92. The monoisotopic (exact) mass is 682 g/mol. The molecule has 2 atom stereocenters. The second-order valence-electron chi connectivity index (χ2n) is 15.4. The number of nitrogens with zero attached hydrogens (tertiary/aromatic N) is 3. The van der Waals surface area contributed by atoms with E-state index in [9.17, 15) is 5.26 Å². The Bertz CT molecular complexity index is 1370. The molecule has 1 heterocycles. The molecule has 1 saturated carbocycles. The molecule has 1 aliphatic heterocycles. The summed E-state index contributed by atoms with van der Waals surface area (Å²) in [5.41, 5.74) is 11.3. The van der Waals surface area contributed by atoms with Crippen molar-refractivity contribution in [2.24, 2.45) is 27.5 Å². The Morgan fingerprint density at radius 1 is 1.10 bits per heavy atom. The van der Waals surface area contributed by atoms with Crippen molar-refractivity contribution >= 4 is 11.8 Å². The smallest absolute Gasteiger partial charge is 0.132 e. The highest BCUT2D eigenvalue weighted by atomic mass is 16.5. The third-order valence-corrected chi connectivity index (χ3v) is 10.2. The molecule has 0 aromatic heterocycles. The second-order valence-corrected chi connectivity index (χ2v) is 15.4. The maximum atomic E-state index is 9.92. The van der Waals surface area contributed by atoms with Gasteiger partial charge in [-0.3, -0.25) is 0 Å². The van der Waals surface area contributed by atoms with Gasteiger partial charge in [0.1, 0.15) is 5.82 Å². The minimum absolute atomic E-state index is 0.159. The van der Waals surface area contributed by atoms with Crippen LogP contribution < -0.4 is 11.1 Å². The molecule has 3 N–H and O–H groups in total. The van der Waals surface area contributed by atoms with E-state index >= 15 is 0 Å². The zero-order valence-corrected chi connectivity index (χ0v) is 32.1. The highest BCUT2D eigenvalue weighted by Gasteiger charge is 2.39. The molecule has 4 rings (SSSR count). The topological polar surface area (TPSA) is 86.7 Å². The number of ether oxygens (including phenoxy) is 1. The Morgan fingerprint density at radius 2 is 1.82 bits per heavy atom. The van der Waals surface area contributed by atoms with E-state index in [0.29, 0.717) is 17.8 Å². The van der Waals surface area contributed by atoms with Gasteiger partial charge < -0.3 is 20.7 Å². The molecule has 0 radical (unpaired) electrons. The average molecular weight is 682 g/mol. The predicted molar refractivity (Wildman–Crippen MR) is 214 cm³/mol. The molecule has 1 aromatic carbocycles. The standard InChI is InChI=1S/C41H59N5O.C3H8/c1-6-44-39(43)38(32(2)36-17-15-35(16-18-36)29-34-13-9-7-8-10-14-34)33(3)45-37-19-24-46(25-20-37)26-28-47-27-12-23-41(31-42)22-11-21-40(4,5)30-41;1-3-2/h6-7,9-10,14-18,34,37,45H,2-3,8,11-13,19-30,43H2,1,4-5H3;3H2,1-2H3/b39-38-,44-6-;. The first-order valence-electron chi connectivity index (χ1n) is 19.3. The van der Waals surface area contributed by atoms with Gasteiger partial charge in [-0.15, -0.1) is 0 Å². The van der Waals surface area contributed by atoms with E-state index in [2.05, 4.69) is 111 Å². The average Bonchev–Trinajstić information content (AvgIpc) is 3.36. The fraction of sp³-hybridized carbons (Fsp3) is 0.591. The Hall–Kier alpha value is -3.40. The lowest BCUT2D eigenvalue weighted by Crippen LogP contribution is -2.43. The van der Waals surface area contributed by atoms with Gasteiger partial charge in [-0.2, -0.15) is 5.26 Å². The van der Waals surface area contributed by atoms with Crippen LogP contribution in [-0.2, 0) is 11.2 Å². The number of hydrogen-bond donors (Lipinski definition) is 2. The molecule has 3 aliphatic rings. The Balaban J connectivity index is 0.00000217. The molecule has 2 unspecified atom stereocenters. The van der Waals surface area contributed by atoms with Crippen molar-refractivity contribution < 1.29 is 4.74 Å². The molecule has 2 fully saturated rings. The summed E-state index contributed by atoms with van der Waals surface area (Å²) in [5.74, 6) is 0.967. The highest BCUT2D eigenvalue weighted by molar-refractivity contribution is 5.83. The first kappa shape index (κ1) is 41.0. The van der Waals surface area contributed by atoms with E-state index in [1.807, 2.05) is 6.92 Å². The van der Waals surface area contributed by atoms with E-state index in [1.54, 1.807) is 6.21 Å². The van der Waals surface area contributed by atoms with Gasteiger partial charge in [-0.25, -0.2) is 4.99 Å². The molecule has 0 bridgehead atoms. The first-order valence-corrected chi connectivity index (χ1v) is 19.3. The number of allylic oxidation sites excluding steroid dienone is 5. The van der Waals surface area contributed by atoms with Crippen molar-refractivity contribution in [3.05, 3.63) is 89.9 Å². The van der Waals surface area contributed by atoms with Crippen LogP contribution >= 0.6 is 0 Å². The number of benzene rings is 1. The van der Waals surface area contributed by atoms with Crippen LogP contribution in [0, 0.1) is 28.1 Å². The van der Waals surface area contributed by atoms with Gasteiger partial charge in [-0.05, 0) is 99.2 Å². The number of nitrogens with two attached hydrogens (primary N) is 1. The molecule has 1 saturated heterocycles. The second kappa shape index (κ2) is 21.1. The van der Waals surface area contributed by atoms with Crippen LogP contribution in [0.2, 0.25) is 0 Å². The van der Waals surface area contributed by atoms with Gasteiger partial charge in [0, 0.05) is 49.8 Å². The van der Waals surface area contributed by atoms with Crippen molar-refractivity contribution in [1.29, 1.82) is 5.26 Å². The van der Waals surface area contributed by atoms with Crippen LogP contribution in [0.1, 0.15) is 116 Å². The van der Waals surface area contributed by atoms with Crippen LogP contribution in [0.3, 0.4) is 0 Å². The SMILES string of the molecule is C=C(NC1CCN(CCOCCCC2(C#N)CCCC(C)(C)C2)CC1)/C(C(=C)c1ccc(CC2C=CCC=CC2)cc1)=C(N)\N=C/C.CCC.